The molecule has 0 aromatic heterocycles. The van der Waals surface area contributed by atoms with Gasteiger partial charge in [-0.15, -0.1) is 0 Å². The Morgan fingerprint density at radius 2 is 1.19 bits per heavy atom. The van der Waals surface area contributed by atoms with Gasteiger partial charge in [0, 0.05) is 10.1 Å². The lowest BCUT2D eigenvalue weighted by Crippen LogP contribution is -2.73. The van der Waals surface area contributed by atoms with E-state index in [9.17, 15) is 24.6 Å². The van der Waals surface area contributed by atoms with Crippen molar-refractivity contribution < 1.29 is 24.6 Å². The number of rotatable bonds is 6. The predicted octanol–water partition coefficient (Wildman–Crippen LogP) is 6.08. The molecule has 0 bridgehead atoms. The van der Waals surface area contributed by atoms with Crippen molar-refractivity contribution in [1.82, 2.24) is 0 Å². The van der Waals surface area contributed by atoms with Crippen molar-refractivity contribution in [2.45, 2.75) is 58.5 Å². The Bertz CT molecular complexity index is 415. The van der Waals surface area contributed by atoms with Crippen LogP contribution in [-0.4, -0.2) is 24.3 Å². The van der Waals surface area contributed by atoms with Gasteiger partial charge in [0.15, 0.2) is 0 Å². The molecule has 0 aromatic carbocycles. The highest BCUT2D eigenvalue weighted by molar-refractivity contribution is 7.60. The second-order valence-electron chi connectivity index (χ2n) is 7.00. The summed E-state index contributed by atoms with van der Waals surface area (Å²) in [6.45, 7) is 11.0. The van der Waals surface area contributed by atoms with E-state index in [0.717, 1.165) is 27.7 Å². The fourth-order valence-corrected chi connectivity index (χ4v) is 21.6. The summed E-state index contributed by atoms with van der Waals surface area (Å²) in [7, 11) is -19.9. The molecule has 9 heteroatoms. The molecule has 0 spiro atoms. The Labute approximate surface area is 126 Å². The van der Waals surface area contributed by atoms with Crippen LogP contribution in [0, 0.1) is 5.92 Å². The summed E-state index contributed by atoms with van der Waals surface area (Å²) in [5.74, 6) is -0.796. The minimum Gasteiger partial charge on any atom is -0.268 e. The molecule has 0 aromatic rings. The molecule has 0 atom stereocenters. The standard InChI is InChI=1S/C12H24F6Si3/c1-9(2)11(5,6)19(13,14)21(17,18)20(15,16)12(7,8)10(3)4/h10H,1H2,2-8H3. The summed E-state index contributed by atoms with van der Waals surface area (Å²) in [6.07, 6.45) is 0. The van der Waals surface area contributed by atoms with Crippen LogP contribution >= 0.6 is 0 Å². The number of halogens is 6. The van der Waals surface area contributed by atoms with Crippen molar-refractivity contribution in [3.63, 3.8) is 0 Å². The first-order chi connectivity index (χ1) is 8.89. The molecule has 0 saturated heterocycles. The average Bonchev–Trinajstić information content (AvgIpc) is 2.27. The third-order valence-electron chi connectivity index (χ3n) is 4.89. The molecular weight excluding hydrogens is 342 g/mol. The Hall–Kier alpha value is -0.0294. The molecule has 0 aliphatic carbocycles. The van der Waals surface area contributed by atoms with Crippen LogP contribution in [0.3, 0.4) is 0 Å². The lowest BCUT2D eigenvalue weighted by molar-refractivity contribution is 0.381. The van der Waals surface area contributed by atoms with Crippen LogP contribution in [0.2, 0.25) is 10.1 Å². The fraction of sp³-hybridized carbons (Fsp3) is 0.833. The second-order valence-corrected chi connectivity index (χ2v) is 22.0. The highest BCUT2D eigenvalue weighted by Gasteiger charge is 2.88. The predicted molar refractivity (Wildman–Crippen MR) is 81.6 cm³/mol. The smallest absolute Gasteiger partial charge is 0.268 e. The maximum atomic E-state index is 14.5. The van der Waals surface area contributed by atoms with E-state index >= 15 is 0 Å². The van der Waals surface area contributed by atoms with Crippen LogP contribution in [0.4, 0.5) is 24.6 Å². The Morgan fingerprint density at radius 3 is 1.43 bits per heavy atom. The normalized spacial score (nSPS) is 15.5. The van der Waals surface area contributed by atoms with Crippen molar-refractivity contribution in [3.05, 3.63) is 12.2 Å². The molecule has 0 heterocycles. The third kappa shape index (κ3) is 2.80. The molecule has 0 aliphatic heterocycles. The second kappa shape index (κ2) is 5.55. The number of allylic oxidation sites excluding steroid dienone is 1. The molecule has 0 rings (SSSR count). The van der Waals surface area contributed by atoms with Crippen molar-refractivity contribution in [2.75, 3.05) is 0 Å². The first kappa shape index (κ1) is 21.0. The summed E-state index contributed by atoms with van der Waals surface area (Å²) in [5.41, 5.74) is -0.168. The number of hydrogen-bond acceptors (Lipinski definition) is 0. The van der Waals surface area contributed by atoms with Gasteiger partial charge in [-0.05, 0) is 12.8 Å². The molecule has 0 amide bonds. The van der Waals surface area contributed by atoms with E-state index in [2.05, 4.69) is 6.58 Å². The van der Waals surface area contributed by atoms with Gasteiger partial charge in [0.1, 0.15) is 0 Å². The van der Waals surface area contributed by atoms with E-state index in [-0.39, 0.29) is 5.57 Å². The third-order valence-corrected chi connectivity index (χ3v) is 24.9. The summed E-state index contributed by atoms with van der Waals surface area (Å²) in [6, 6.07) is 0. The molecule has 0 radical (unpaired) electrons. The molecule has 126 valence electrons. The van der Waals surface area contributed by atoms with Crippen LogP contribution in [0.15, 0.2) is 12.2 Å². The van der Waals surface area contributed by atoms with E-state index < -0.39 is 40.3 Å². The summed E-state index contributed by atoms with van der Waals surface area (Å²) in [5, 5.41) is -4.30. The summed E-state index contributed by atoms with van der Waals surface area (Å²) >= 11 is 0. The van der Waals surface area contributed by atoms with Gasteiger partial charge in [0.05, 0.1) is 0 Å². The molecule has 0 N–H and O–H groups in total. The van der Waals surface area contributed by atoms with Crippen molar-refractivity contribution in [3.8, 4) is 0 Å². The van der Waals surface area contributed by atoms with Crippen LogP contribution in [0.1, 0.15) is 48.5 Å². The van der Waals surface area contributed by atoms with E-state index in [4.69, 9.17) is 0 Å². The van der Waals surface area contributed by atoms with Gasteiger partial charge in [-0.2, -0.15) is 0 Å². The Balaban J connectivity index is 6.15. The highest BCUT2D eigenvalue weighted by atomic mass is 29.7. The SMILES string of the molecule is C=C(C)C(C)(C)[Si](F)(F)[Si](F)(F)[Si](F)(F)C(C)(C)C(C)C. The first-order valence-corrected chi connectivity index (χ1v) is 13.9. The quantitative estimate of drug-likeness (QED) is 0.231. The van der Waals surface area contributed by atoms with Gasteiger partial charge >= 0.3 is 24.3 Å². The Kier molecular flexibility index (Phi) is 5.55. The minimum atomic E-state index is -7.00. The minimum absolute atomic E-state index is 0.168. The largest absolute Gasteiger partial charge is 0.528 e. The van der Waals surface area contributed by atoms with Crippen LogP contribution in [0.25, 0.3) is 0 Å². The zero-order valence-corrected chi connectivity index (χ0v) is 16.6. The zero-order chi connectivity index (χ0) is 17.7. The first-order valence-electron chi connectivity index (χ1n) is 6.68. The molecular formula is C12H24F6Si3. The van der Waals surface area contributed by atoms with Crippen LogP contribution in [-0.2, 0) is 0 Å². The van der Waals surface area contributed by atoms with Crippen LogP contribution in [0.5, 0.6) is 0 Å². The van der Waals surface area contributed by atoms with Gasteiger partial charge in [0.2, 0.25) is 0 Å². The fourth-order valence-electron chi connectivity index (χ4n) is 1.62. The zero-order valence-electron chi connectivity index (χ0n) is 13.6. The maximum absolute atomic E-state index is 14.5. The lowest BCUT2D eigenvalue weighted by Gasteiger charge is -2.43. The molecule has 0 nitrogen and oxygen atoms in total. The highest BCUT2D eigenvalue weighted by Crippen LogP contribution is 2.58. The maximum Gasteiger partial charge on any atom is 0.528 e. The molecule has 0 fully saturated rings. The molecule has 21 heavy (non-hydrogen) atoms. The van der Waals surface area contributed by atoms with Gasteiger partial charge in [0.25, 0.3) is 0 Å². The monoisotopic (exact) mass is 366 g/mol. The lowest BCUT2D eigenvalue weighted by atomic mass is 9.99. The molecule has 0 saturated carbocycles. The molecule has 0 unspecified atom stereocenters. The van der Waals surface area contributed by atoms with Crippen molar-refractivity contribution >= 4 is 24.3 Å². The van der Waals surface area contributed by atoms with Gasteiger partial charge in [-0.3, -0.25) is 24.6 Å². The van der Waals surface area contributed by atoms with E-state index in [1.165, 1.54) is 20.8 Å². The number of hydrogen-bond donors (Lipinski definition) is 0. The van der Waals surface area contributed by atoms with Crippen molar-refractivity contribution in [1.29, 1.82) is 0 Å². The summed E-state index contributed by atoms with van der Waals surface area (Å²) in [4.78, 5) is 0. The topological polar surface area (TPSA) is 0 Å². The van der Waals surface area contributed by atoms with Gasteiger partial charge in [-0.1, -0.05) is 53.7 Å². The van der Waals surface area contributed by atoms with E-state index in [1.54, 1.807) is 0 Å². The van der Waals surface area contributed by atoms with Gasteiger partial charge in [-0.25, -0.2) is 0 Å². The van der Waals surface area contributed by atoms with Crippen molar-refractivity contribution in [2.24, 2.45) is 5.92 Å². The van der Waals surface area contributed by atoms with Gasteiger partial charge < -0.3 is 0 Å². The average molecular weight is 367 g/mol. The van der Waals surface area contributed by atoms with Crippen LogP contribution < -0.4 is 0 Å². The molecule has 0 aliphatic rings. The Morgan fingerprint density at radius 1 is 0.857 bits per heavy atom. The van der Waals surface area contributed by atoms with E-state index in [1.807, 2.05) is 0 Å². The van der Waals surface area contributed by atoms with E-state index in [0.29, 0.717) is 0 Å². The summed E-state index contributed by atoms with van der Waals surface area (Å²) < 4.78 is 86.7.